The van der Waals surface area contributed by atoms with Crippen LogP contribution in [0.2, 0.25) is 0 Å². The number of hydrogen-bond acceptors (Lipinski definition) is 3. The van der Waals surface area contributed by atoms with Crippen molar-refractivity contribution in [3.05, 3.63) is 24.3 Å². The second-order valence-electron chi connectivity index (χ2n) is 4.24. The Balaban J connectivity index is 3.00. The van der Waals surface area contributed by atoms with Gasteiger partial charge in [-0.15, -0.1) is 0 Å². The zero-order valence-corrected chi connectivity index (χ0v) is 11.5. The lowest BCUT2D eigenvalue weighted by Crippen LogP contribution is -2.15. The third kappa shape index (κ3) is 3.46. The topological polar surface area (TPSA) is 43.4 Å². The minimum atomic E-state index is -3.27. The van der Waals surface area contributed by atoms with Crippen molar-refractivity contribution in [3.8, 4) is 5.75 Å². The maximum Gasteiger partial charge on any atom is 0.184 e. The molecular formula is C13H20O3S. The summed E-state index contributed by atoms with van der Waals surface area (Å²) in [5, 5.41) is -0.432. The molecular weight excluding hydrogens is 236 g/mol. The zero-order chi connectivity index (χ0) is 12.9. The van der Waals surface area contributed by atoms with Crippen LogP contribution in [-0.2, 0) is 9.84 Å². The summed E-state index contributed by atoms with van der Waals surface area (Å²) in [6.07, 6.45) is 1.95. The number of ether oxygens (including phenoxy) is 1. The molecule has 0 aliphatic carbocycles. The van der Waals surface area contributed by atoms with Gasteiger partial charge >= 0.3 is 0 Å². The number of sulfone groups is 1. The predicted octanol–water partition coefficient (Wildman–Crippen LogP) is 3.05. The van der Waals surface area contributed by atoms with Crippen LogP contribution in [-0.4, -0.2) is 20.3 Å². The van der Waals surface area contributed by atoms with Gasteiger partial charge in [0, 0.05) is 0 Å². The van der Waals surface area contributed by atoms with Crippen molar-refractivity contribution in [2.24, 2.45) is 0 Å². The fraction of sp³-hybridized carbons (Fsp3) is 0.538. The van der Waals surface area contributed by atoms with E-state index in [0.717, 1.165) is 12.8 Å². The number of unbranched alkanes of at least 4 members (excludes halogenated alkanes) is 1. The van der Waals surface area contributed by atoms with E-state index in [0.29, 0.717) is 17.3 Å². The lowest BCUT2D eigenvalue weighted by atomic mass is 10.3. The molecule has 1 aromatic rings. The average Bonchev–Trinajstić information content (AvgIpc) is 2.29. The highest BCUT2D eigenvalue weighted by Crippen LogP contribution is 2.26. The first-order chi connectivity index (χ1) is 8.00. The smallest absolute Gasteiger partial charge is 0.184 e. The first-order valence-corrected chi connectivity index (χ1v) is 7.50. The van der Waals surface area contributed by atoms with E-state index in [1.807, 2.05) is 0 Å². The van der Waals surface area contributed by atoms with Crippen molar-refractivity contribution in [1.29, 1.82) is 0 Å². The lowest BCUT2D eigenvalue weighted by molar-refractivity contribution is 0.301. The SMILES string of the molecule is CCCCOc1ccccc1S(=O)(=O)C(C)C. The molecule has 1 rings (SSSR count). The molecule has 0 saturated carbocycles. The van der Waals surface area contributed by atoms with E-state index in [4.69, 9.17) is 4.74 Å². The molecule has 0 N–H and O–H groups in total. The number of benzene rings is 1. The molecule has 0 heterocycles. The second kappa shape index (κ2) is 6.05. The number of rotatable bonds is 6. The molecule has 17 heavy (non-hydrogen) atoms. The van der Waals surface area contributed by atoms with E-state index in [1.165, 1.54) is 0 Å². The second-order valence-corrected chi connectivity index (χ2v) is 6.72. The Hall–Kier alpha value is -1.03. The normalized spacial score (nSPS) is 11.8. The highest BCUT2D eigenvalue weighted by molar-refractivity contribution is 7.92. The van der Waals surface area contributed by atoms with Crippen LogP contribution in [0.3, 0.4) is 0 Å². The van der Waals surface area contributed by atoms with Gasteiger partial charge in [0.25, 0.3) is 0 Å². The molecule has 0 fully saturated rings. The van der Waals surface area contributed by atoms with Gasteiger partial charge in [0.15, 0.2) is 9.84 Å². The molecule has 0 aliphatic heterocycles. The summed E-state index contributed by atoms with van der Waals surface area (Å²) in [7, 11) is -3.27. The quantitative estimate of drug-likeness (QED) is 0.735. The van der Waals surface area contributed by atoms with Crippen LogP contribution in [0.25, 0.3) is 0 Å². The van der Waals surface area contributed by atoms with Crippen molar-refractivity contribution in [2.75, 3.05) is 6.61 Å². The fourth-order valence-electron chi connectivity index (χ4n) is 1.38. The first-order valence-electron chi connectivity index (χ1n) is 5.96. The molecule has 0 radical (unpaired) electrons. The summed E-state index contributed by atoms with van der Waals surface area (Å²) in [5.41, 5.74) is 0. The number of hydrogen-bond donors (Lipinski definition) is 0. The van der Waals surface area contributed by atoms with Crippen LogP contribution in [0.4, 0.5) is 0 Å². The summed E-state index contributed by atoms with van der Waals surface area (Å²) in [6.45, 7) is 5.98. The summed E-state index contributed by atoms with van der Waals surface area (Å²) in [6, 6.07) is 6.84. The fourth-order valence-corrected chi connectivity index (χ4v) is 2.57. The minimum absolute atomic E-state index is 0.297. The molecule has 4 heteroatoms. The van der Waals surface area contributed by atoms with Crippen molar-refractivity contribution < 1.29 is 13.2 Å². The highest BCUT2D eigenvalue weighted by Gasteiger charge is 2.22. The van der Waals surface area contributed by atoms with Crippen molar-refractivity contribution in [1.82, 2.24) is 0 Å². The summed E-state index contributed by atoms with van der Waals surface area (Å²) < 4.78 is 29.7. The van der Waals surface area contributed by atoms with Crippen LogP contribution < -0.4 is 4.74 Å². The van der Waals surface area contributed by atoms with Crippen molar-refractivity contribution in [3.63, 3.8) is 0 Å². The van der Waals surface area contributed by atoms with Gasteiger partial charge in [-0.1, -0.05) is 25.5 Å². The van der Waals surface area contributed by atoms with Gasteiger partial charge in [-0.2, -0.15) is 0 Å². The molecule has 0 spiro atoms. The predicted molar refractivity (Wildman–Crippen MR) is 69.2 cm³/mol. The van der Waals surface area contributed by atoms with Gasteiger partial charge in [-0.3, -0.25) is 0 Å². The van der Waals surface area contributed by atoms with Gasteiger partial charge in [0.1, 0.15) is 10.6 Å². The Morgan fingerprint density at radius 2 is 1.88 bits per heavy atom. The summed E-state index contributed by atoms with van der Waals surface area (Å²) in [4.78, 5) is 0.297. The van der Waals surface area contributed by atoms with Crippen molar-refractivity contribution >= 4 is 9.84 Å². The Morgan fingerprint density at radius 1 is 1.24 bits per heavy atom. The molecule has 0 aromatic heterocycles. The van der Waals surface area contributed by atoms with Gasteiger partial charge in [0.2, 0.25) is 0 Å². The Bertz CT molecular complexity index is 449. The maximum absolute atomic E-state index is 12.1. The first kappa shape index (κ1) is 14.0. The van der Waals surface area contributed by atoms with Crippen LogP contribution in [0.1, 0.15) is 33.6 Å². The van der Waals surface area contributed by atoms with Crippen LogP contribution in [0.15, 0.2) is 29.2 Å². The van der Waals surface area contributed by atoms with Crippen LogP contribution in [0, 0.1) is 0 Å². The molecule has 3 nitrogen and oxygen atoms in total. The van der Waals surface area contributed by atoms with E-state index in [-0.39, 0.29) is 0 Å². The lowest BCUT2D eigenvalue weighted by Gasteiger charge is -2.13. The molecule has 0 saturated heterocycles. The molecule has 0 atom stereocenters. The van der Waals surface area contributed by atoms with Crippen LogP contribution >= 0.6 is 0 Å². The molecule has 1 aromatic carbocycles. The van der Waals surface area contributed by atoms with Crippen LogP contribution in [0.5, 0.6) is 5.75 Å². The van der Waals surface area contributed by atoms with E-state index >= 15 is 0 Å². The van der Waals surface area contributed by atoms with Gasteiger partial charge in [0.05, 0.1) is 11.9 Å². The monoisotopic (exact) mass is 256 g/mol. The largest absolute Gasteiger partial charge is 0.492 e. The molecule has 96 valence electrons. The number of para-hydroxylation sites is 1. The zero-order valence-electron chi connectivity index (χ0n) is 10.6. The standard InChI is InChI=1S/C13H20O3S/c1-4-5-10-16-12-8-6-7-9-13(12)17(14,15)11(2)3/h6-9,11H,4-5,10H2,1-3H3. The van der Waals surface area contributed by atoms with Gasteiger partial charge < -0.3 is 4.74 Å². The van der Waals surface area contributed by atoms with Crippen molar-refractivity contribution in [2.45, 2.75) is 43.8 Å². The van der Waals surface area contributed by atoms with E-state index < -0.39 is 15.1 Å². The van der Waals surface area contributed by atoms with E-state index in [2.05, 4.69) is 6.92 Å². The third-order valence-electron chi connectivity index (χ3n) is 2.53. The molecule has 0 aliphatic rings. The average molecular weight is 256 g/mol. The van der Waals surface area contributed by atoms with E-state index in [9.17, 15) is 8.42 Å². The van der Waals surface area contributed by atoms with Gasteiger partial charge in [-0.05, 0) is 32.4 Å². The minimum Gasteiger partial charge on any atom is -0.492 e. The molecule has 0 bridgehead atoms. The summed E-state index contributed by atoms with van der Waals surface area (Å²) in [5.74, 6) is 0.467. The summed E-state index contributed by atoms with van der Waals surface area (Å²) >= 11 is 0. The third-order valence-corrected chi connectivity index (χ3v) is 4.72. The van der Waals surface area contributed by atoms with Gasteiger partial charge in [-0.25, -0.2) is 8.42 Å². The Morgan fingerprint density at radius 3 is 2.47 bits per heavy atom. The molecule has 0 amide bonds. The highest BCUT2D eigenvalue weighted by atomic mass is 32.2. The maximum atomic E-state index is 12.1. The Labute approximate surface area is 104 Å². The molecule has 0 unspecified atom stereocenters. The Kier molecular flexibility index (Phi) is 5.00. The van der Waals surface area contributed by atoms with E-state index in [1.54, 1.807) is 38.1 Å².